The molecule has 4 aromatic rings. The number of imide groups is 1. The highest BCUT2D eigenvalue weighted by molar-refractivity contribution is 7.99. The molecule has 4 amide bonds. The number of unbranched alkanes of at least 4 members (excludes halogenated alkanes) is 5. The Kier molecular flexibility index (Phi) is 11.7. The number of aromatic nitrogens is 3. The van der Waals surface area contributed by atoms with Crippen molar-refractivity contribution in [3.8, 4) is 5.00 Å². The molecule has 0 bridgehead atoms. The molecule has 2 atom stereocenters. The lowest BCUT2D eigenvalue weighted by atomic mass is 9.99. The van der Waals surface area contributed by atoms with Gasteiger partial charge in [-0.15, -0.1) is 33.3 Å². The van der Waals surface area contributed by atoms with Crippen LogP contribution in [0.15, 0.2) is 52.4 Å². The summed E-state index contributed by atoms with van der Waals surface area (Å²) in [6.45, 7) is 7.17. The first-order chi connectivity index (χ1) is 26.1. The van der Waals surface area contributed by atoms with E-state index in [9.17, 15) is 19.2 Å². The van der Waals surface area contributed by atoms with Gasteiger partial charge in [0.25, 0.3) is 5.91 Å². The number of fused-ring (bicyclic) bond motifs is 4. The van der Waals surface area contributed by atoms with Crippen LogP contribution in [0.3, 0.4) is 0 Å². The molecule has 0 radical (unpaired) electrons. The summed E-state index contributed by atoms with van der Waals surface area (Å²) in [7, 11) is 0. The largest absolute Gasteiger partial charge is 0.356 e. The van der Waals surface area contributed by atoms with Gasteiger partial charge in [0.05, 0.1) is 12.1 Å². The van der Waals surface area contributed by atoms with Gasteiger partial charge in [-0.25, -0.2) is 0 Å². The van der Waals surface area contributed by atoms with E-state index in [1.165, 1.54) is 4.88 Å². The summed E-state index contributed by atoms with van der Waals surface area (Å²) in [6.07, 6.45) is 7.11. The standard InChI is InChI=1S/C40H44ClN7O4S2/c1-23-24(2)54-40-35(23)36(26-13-15-27(41)16-14-26)43-30(37-46-45-25(3)48(37)40)21-34(50)42-19-8-6-4-5-7-9-20-53-32-12-10-11-28-29(32)22-47(39(28)52)31-17-18-33(49)44-38(31)51/h10-16,30-31H,4-9,17-22H2,1-3H3,(H,42,50)(H,44,49,51)/t30-,31?/m0/s1. The van der Waals surface area contributed by atoms with Gasteiger partial charge in [0, 0.05) is 51.0 Å². The van der Waals surface area contributed by atoms with Crippen LogP contribution in [0.4, 0.5) is 0 Å². The van der Waals surface area contributed by atoms with Gasteiger partial charge in [0.2, 0.25) is 17.7 Å². The van der Waals surface area contributed by atoms with Gasteiger partial charge in [-0.2, -0.15) is 0 Å². The summed E-state index contributed by atoms with van der Waals surface area (Å²) in [4.78, 5) is 59.5. The SMILES string of the molecule is Cc1sc2c(c1C)C(c1ccc(Cl)cc1)=N[C@@H](CC(=O)NCCCCCCCCSc1cccc3c1CN(C1CCC(=O)NC1=O)C3=O)c1nnc(C)n1-2. The average Bonchev–Trinajstić information content (AvgIpc) is 3.76. The first kappa shape index (κ1) is 38.0. The number of rotatable bonds is 14. The number of benzene rings is 2. The van der Waals surface area contributed by atoms with Gasteiger partial charge >= 0.3 is 0 Å². The minimum Gasteiger partial charge on any atom is -0.356 e. The van der Waals surface area contributed by atoms with E-state index >= 15 is 0 Å². The van der Waals surface area contributed by atoms with Crippen molar-refractivity contribution >= 4 is 64.0 Å². The van der Waals surface area contributed by atoms with E-state index in [1.54, 1.807) is 28.0 Å². The Morgan fingerprint density at radius 1 is 1.00 bits per heavy atom. The molecule has 7 rings (SSSR count). The molecule has 14 heteroatoms. The number of piperidine rings is 1. The third kappa shape index (κ3) is 7.90. The number of thioether (sulfide) groups is 1. The zero-order valence-corrected chi connectivity index (χ0v) is 33.1. The van der Waals surface area contributed by atoms with Gasteiger partial charge in [0.15, 0.2) is 5.82 Å². The van der Waals surface area contributed by atoms with Crippen molar-refractivity contribution in [3.63, 3.8) is 0 Å². The molecule has 2 N–H and O–H groups in total. The lowest BCUT2D eigenvalue weighted by Gasteiger charge is -2.29. The van der Waals surface area contributed by atoms with Crippen LogP contribution >= 0.6 is 34.7 Å². The van der Waals surface area contributed by atoms with E-state index in [0.29, 0.717) is 35.9 Å². The van der Waals surface area contributed by atoms with Crippen molar-refractivity contribution in [1.29, 1.82) is 0 Å². The van der Waals surface area contributed by atoms with Gasteiger partial charge in [-0.05, 0) is 81.2 Å². The summed E-state index contributed by atoms with van der Waals surface area (Å²) in [5.41, 5.74) is 5.62. The zero-order valence-electron chi connectivity index (χ0n) is 30.7. The summed E-state index contributed by atoms with van der Waals surface area (Å²) >= 11 is 9.68. The number of nitrogens with zero attached hydrogens (tertiary/aromatic N) is 5. The molecule has 2 aromatic carbocycles. The zero-order chi connectivity index (χ0) is 37.9. The number of aryl methyl sites for hydroxylation is 2. The van der Waals surface area contributed by atoms with Crippen LogP contribution in [0.25, 0.3) is 5.00 Å². The van der Waals surface area contributed by atoms with E-state index in [4.69, 9.17) is 16.6 Å². The first-order valence-electron chi connectivity index (χ1n) is 18.6. The van der Waals surface area contributed by atoms with E-state index in [-0.39, 0.29) is 36.5 Å². The van der Waals surface area contributed by atoms with Crippen LogP contribution in [0, 0.1) is 20.8 Å². The average molecular weight is 786 g/mol. The maximum atomic E-state index is 13.3. The van der Waals surface area contributed by atoms with Crippen molar-refractivity contribution in [2.75, 3.05) is 12.3 Å². The molecule has 282 valence electrons. The molecule has 3 aliphatic heterocycles. The molecule has 0 saturated carbocycles. The lowest BCUT2D eigenvalue weighted by molar-refractivity contribution is -0.137. The Bertz CT molecular complexity index is 2130. The van der Waals surface area contributed by atoms with E-state index in [2.05, 4.69) is 39.2 Å². The number of nitrogens with one attached hydrogen (secondary N) is 2. The Morgan fingerprint density at radius 2 is 1.76 bits per heavy atom. The molecule has 0 aliphatic carbocycles. The molecule has 54 heavy (non-hydrogen) atoms. The summed E-state index contributed by atoms with van der Waals surface area (Å²) in [5, 5.41) is 16.1. The third-order valence-corrected chi connectivity index (χ3v) is 13.1. The topological polar surface area (TPSA) is 139 Å². The molecule has 11 nitrogen and oxygen atoms in total. The molecular weight excluding hydrogens is 742 g/mol. The van der Waals surface area contributed by atoms with Gasteiger partial charge in [0.1, 0.15) is 22.9 Å². The minimum absolute atomic E-state index is 0.0593. The second kappa shape index (κ2) is 16.6. The van der Waals surface area contributed by atoms with Gasteiger partial charge in [-0.3, -0.25) is 34.1 Å². The van der Waals surface area contributed by atoms with E-state index in [0.717, 1.165) is 88.0 Å². The van der Waals surface area contributed by atoms with Gasteiger partial charge in [-0.1, -0.05) is 55.5 Å². The number of hydrogen-bond donors (Lipinski definition) is 2. The van der Waals surface area contributed by atoms with Crippen molar-refractivity contribution in [1.82, 2.24) is 30.3 Å². The predicted molar refractivity (Wildman–Crippen MR) is 212 cm³/mol. The predicted octanol–water partition coefficient (Wildman–Crippen LogP) is 7.20. The summed E-state index contributed by atoms with van der Waals surface area (Å²) < 4.78 is 2.06. The van der Waals surface area contributed by atoms with Crippen molar-refractivity contribution in [2.45, 2.75) is 102 Å². The quantitative estimate of drug-likeness (QED) is 0.0784. The molecule has 2 aromatic heterocycles. The minimum atomic E-state index is -0.602. The number of carbonyl (C=O) groups excluding carboxylic acids is 4. The molecule has 5 heterocycles. The smallest absolute Gasteiger partial charge is 0.255 e. The summed E-state index contributed by atoms with van der Waals surface area (Å²) in [5.74, 6) is 1.52. The molecule has 0 spiro atoms. The Morgan fingerprint density at radius 3 is 2.54 bits per heavy atom. The van der Waals surface area contributed by atoms with Crippen molar-refractivity contribution < 1.29 is 19.2 Å². The van der Waals surface area contributed by atoms with Crippen LogP contribution in [-0.4, -0.2) is 67.3 Å². The highest BCUT2D eigenvalue weighted by Gasteiger charge is 2.40. The van der Waals surface area contributed by atoms with Crippen LogP contribution in [0.1, 0.15) is 113 Å². The van der Waals surface area contributed by atoms with Gasteiger partial charge < -0.3 is 10.2 Å². The Hall–Kier alpha value is -4.33. The number of carbonyl (C=O) groups is 4. The fraction of sp³-hybridized carbons (Fsp3) is 0.425. The second-order valence-electron chi connectivity index (χ2n) is 14.1. The molecule has 1 fully saturated rings. The van der Waals surface area contributed by atoms with Crippen LogP contribution in [-0.2, 0) is 20.9 Å². The van der Waals surface area contributed by atoms with E-state index < -0.39 is 12.1 Å². The van der Waals surface area contributed by atoms with Crippen LogP contribution in [0.5, 0.6) is 0 Å². The number of hydrogen-bond acceptors (Lipinski definition) is 9. The Balaban J connectivity index is 0.854. The molecule has 1 unspecified atom stereocenters. The second-order valence-corrected chi connectivity index (χ2v) is 16.9. The van der Waals surface area contributed by atoms with Crippen LogP contribution < -0.4 is 10.6 Å². The highest BCUT2D eigenvalue weighted by atomic mass is 35.5. The Labute approximate surface area is 328 Å². The molecular formula is C40H44ClN7O4S2. The monoisotopic (exact) mass is 785 g/mol. The lowest BCUT2D eigenvalue weighted by Crippen LogP contribution is -2.52. The highest BCUT2D eigenvalue weighted by Crippen LogP contribution is 2.40. The van der Waals surface area contributed by atoms with Crippen LogP contribution in [0.2, 0.25) is 5.02 Å². The maximum Gasteiger partial charge on any atom is 0.255 e. The number of amides is 4. The van der Waals surface area contributed by atoms with E-state index in [1.807, 2.05) is 49.4 Å². The third-order valence-electron chi connectivity index (χ3n) is 10.4. The molecule has 3 aliphatic rings. The van der Waals surface area contributed by atoms with Crippen molar-refractivity contribution in [2.24, 2.45) is 4.99 Å². The fourth-order valence-electron chi connectivity index (χ4n) is 7.42. The number of halogens is 1. The normalized spacial score (nSPS) is 17.8. The molecule has 1 saturated heterocycles. The first-order valence-corrected chi connectivity index (χ1v) is 20.8. The van der Waals surface area contributed by atoms with Crippen molar-refractivity contribution in [3.05, 3.63) is 91.8 Å². The number of aliphatic imine (C=N–C) groups is 1. The summed E-state index contributed by atoms with van der Waals surface area (Å²) in [6, 6.07) is 12.4. The maximum absolute atomic E-state index is 13.3. The fourth-order valence-corrected chi connectivity index (χ4v) is 9.85. The number of thiophene rings is 1.